The second-order valence-electron chi connectivity index (χ2n) is 16.3. The molecule has 9 aromatic rings. The van der Waals surface area contributed by atoms with Crippen molar-refractivity contribution < 1.29 is 16.8 Å². The normalized spacial score (nSPS) is 12.9. The van der Waals surface area contributed by atoms with E-state index in [-0.39, 0.29) is 16.8 Å². The summed E-state index contributed by atoms with van der Waals surface area (Å²) in [4.78, 5) is 15.3. The molecule has 0 spiro atoms. The van der Waals surface area contributed by atoms with Crippen molar-refractivity contribution in [3.05, 3.63) is 322 Å². The van der Waals surface area contributed by atoms with Crippen molar-refractivity contribution in [2.75, 3.05) is 0 Å². The maximum Gasteiger partial charge on any atom is 0.0874 e. The maximum absolute atomic E-state index is 5.74. The van der Waals surface area contributed by atoms with Gasteiger partial charge in [-0.1, -0.05) is 218 Å². The molecule has 0 amide bonds. The molecular weight excluding hydrogens is 834 g/mol. The SMILES string of the molecule is Cc1cc(C)c(/C(=C2\C=CC(C(c3ccccc3)(c3ccccc3)c3ccccc3)=N2)c2ccc(C(c3ccccc3)(c3ccccc3)c3ccccc3)[n-]2)c(C)c1.[Co].c1ccncc1. The molecule has 0 aliphatic carbocycles. The molecule has 0 unspecified atom stereocenters. The first-order chi connectivity index (χ1) is 31.5. The topological polar surface area (TPSA) is 39.4 Å². The molecule has 0 fully saturated rings. The van der Waals surface area contributed by atoms with E-state index in [0.717, 1.165) is 67.3 Å². The van der Waals surface area contributed by atoms with Crippen molar-refractivity contribution >= 4 is 11.3 Å². The van der Waals surface area contributed by atoms with Crippen LogP contribution in [0.1, 0.15) is 67.0 Å². The van der Waals surface area contributed by atoms with Gasteiger partial charge >= 0.3 is 0 Å². The Hall–Kier alpha value is -7.37. The van der Waals surface area contributed by atoms with Gasteiger partial charge in [0.25, 0.3) is 0 Å². The van der Waals surface area contributed by atoms with Crippen LogP contribution >= 0.6 is 0 Å². The Morgan fingerprint density at radius 1 is 0.415 bits per heavy atom. The van der Waals surface area contributed by atoms with E-state index in [9.17, 15) is 0 Å². The molecule has 0 bridgehead atoms. The Labute approximate surface area is 394 Å². The summed E-state index contributed by atoms with van der Waals surface area (Å²) in [5, 5.41) is 0. The van der Waals surface area contributed by atoms with Crippen LogP contribution in [-0.4, -0.2) is 10.7 Å². The van der Waals surface area contributed by atoms with Crippen LogP contribution in [0.15, 0.2) is 260 Å². The standard InChI is InChI=1S/C56H45N2.C5H5N.Co/c1-40-38-41(2)53(42(3)39-40)54(49-34-36-51(57-49)55(43-22-10-4-11-23-43,44-24-12-5-13-25-44)45-26-14-6-15-27-45)50-35-37-52(58-50)56(46-28-16-7-17-29-46,47-30-18-8-19-31-47)48-32-20-9-21-33-48;1-2-4-6-5-3-1;/h4-39H,1-3H3;1-5H;/q-1;;/b54-49+;;. The van der Waals surface area contributed by atoms with Crippen molar-refractivity contribution in [2.24, 2.45) is 4.99 Å². The van der Waals surface area contributed by atoms with Crippen LogP contribution in [0.4, 0.5) is 0 Å². The number of nitrogens with zero attached hydrogens (tertiary/aromatic N) is 3. The third-order valence-corrected chi connectivity index (χ3v) is 12.3. The monoisotopic (exact) mass is 883 g/mol. The number of aliphatic imine (C=N–C) groups is 1. The average molecular weight is 884 g/mol. The average Bonchev–Trinajstić information content (AvgIpc) is 4.05. The van der Waals surface area contributed by atoms with Gasteiger partial charge in [-0.25, -0.2) is 0 Å². The van der Waals surface area contributed by atoms with Crippen LogP contribution in [0.2, 0.25) is 0 Å². The minimum absolute atomic E-state index is 0. The first kappa shape index (κ1) is 44.2. The minimum atomic E-state index is -0.668. The van der Waals surface area contributed by atoms with E-state index in [1.54, 1.807) is 12.4 Å². The third kappa shape index (κ3) is 8.54. The summed E-state index contributed by atoms with van der Waals surface area (Å²) < 4.78 is 0. The van der Waals surface area contributed by atoms with Gasteiger partial charge < -0.3 is 4.98 Å². The molecular formula is C61H50CoN3-. The van der Waals surface area contributed by atoms with Gasteiger partial charge in [-0.05, 0) is 101 Å². The number of aryl methyl sites for hydroxylation is 3. The maximum atomic E-state index is 5.74. The summed E-state index contributed by atoms with van der Waals surface area (Å²) in [6, 6.07) is 79.5. The van der Waals surface area contributed by atoms with Crippen LogP contribution in [0.5, 0.6) is 0 Å². The molecule has 1 aliphatic heterocycles. The molecule has 3 nitrogen and oxygen atoms in total. The van der Waals surface area contributed by atoms with Crippen molar-refractivity contribution in [1.29, 1.82) is 0 Å². The number of benzene rings is 7. The summed E-state index contributed by atoms with van der Waals surface area (Å²) >= 11 is 0. The molecule has 0 saturated carbocycles. The molecule has 0 atom stereocenters. The quantitative estimate of drug-likeness (QED) is 0.128. The van der Waals surface area contributed by atoms with Gasteiger partial charge in [0.05, 0.1) is 22.2 Å². The van der Waals surface area contributed by atoms with E-state index in [1.807, 2.05) is 18.2 Å². The Kier molecular flexibility index (Phi) is 13.6. The smallest absolute Gasteiger partial charge is 0.0874 e. The fourth-order valence-corrected chi connectivity index (χ4v) is 9.71. The fraction of sp³-hybridized carbons (Fsp3) is 0.0820. The molecule has 10 rings (SSSR count). The van der Waals surface area contributed by atoms with Gasteiger partial charge in [-0.15, -0.1) is 11.4 Å². The number of allylic oxidation sites excluding steroid dienone is 2. The first-order valence-corrected chi connectivity index (χ1v) is 21.9. The third-order valence-electron chi connectivity index (χ3n) is 12.3. The Balaban J connectivity index is 0.000000762. The van der Waals surface area contributed by atoms with Crippen LogP contribution in [0.25, 0.3) is 5.57 Å². The fourth-order valence-electron chi connectivity index (χ4n) is 9.71. The molecule has 7 aromatic carbocycles. The molecule has 1 radical (unpaired) electrons. The predicted octanol–water partition coefficient (Wildman–Crippen LogP) is 13.8. The van der Waals surface area contributed by atoms with E-state index in [4.69, 9.17) is 9.98 Å². The summed E-state index contributed by atoms with van der Waals surface area (Å²) in [5.74, 6) is 0. The number of pyridine rings is 1. The van der Waals surface area contributed by atoms with Gasteiger partial charge in [0.2, 0.25) is 0 Å². The van der Waals surface area contributed by atoms with E-state index >= 15 is 0 Å². The van der Waals surface area contributed by atoms with Gasteiger partial charge in [-0.3, -0.25) is 9.98 Å². The number of rotatable bonds is 10. The van der Waals surface area contributed by atoms with Crippen molar-refractivity contribution in [3.8, 4) is 0 Å². The van der Waals surface area contributed by atoms with Gasteiger partial charge in [0.15, 0.2) is 0 Å². The van der Waals surface area contributed by atoms with Gasteiger partial charge in [0, 0.05) is 29.2 Å². The number of hydrogen-bond donors (Lipinski definition) is 0. The second-order valence-corrected chi connectivity index (χ2v) is 16.3. The van der Waals surface area contributed by atoms with Crippen LogP contribution in [0, 0.1) is 20.8 Å². The van der Waals surface area contributed by atoms with E-state index in [1.165, 1.54) is 16.7 Å². The Bertz CT molecular complexity index is 2790. The zero-order valence-corrected chi connectivity index (χ0v) is 37.9. The van der Waals surface area contributed by atoms with Crippen LogP contribution < -0.4 is 4.98 Å². The zero-order valence-electron chi connectivity index (χ0n) is 36.8. The molecule has 0 N–H and O–H groups in total. The Morgan fingerprint density at radius 2 is 0.785 bits per heavy atom. The summed E-state index contributed by atoms with van der Waals surface area (Å²) in [5.41, 5.74) is 15.2. The van der Waals surface area contributed by atoms with Crippen molar-refractivity contribution in [3.63, 3.8) is 0 Å². The predicted molar refractivity (Wildman–Crippen MR) is 265 cm³/mol. The van der Waals surface area contributed by atoms with E-state index in [2.05, 4.69) is 244 Å². The summed E-state index contributed by atoms with van der Waals surface area (Å²) in [7, 11) is 0. The molecule has 3 heterocycles. The number of hydrogen-bond acceptors (Lipinski definition) is 2. The van der Waals surface area contributed by atoms with Crippen LogP contribution in [0.3, 0.4) is 0 Å². The second kappa shape index (κ2) is 20.0. The van der Waals surface area contributed by atoms with E-state index < -0.39 is 10.8 Å². The van der Waals surface area contributed by atoms with Gasteiger partial charge in [0.1, 0.15) is 0 Å². The first-order valence-electron chi connectivity index (χ1n) is 21.9. The molecule has 1 aliphatic rings. The number of aromatic nitrogens is 2. The zero-order chi connectivity index (χ0) is 43.8. The van der Waals surface area contributed by atoms with Crippen molar-refractivity contribution in [1.82, 2.24) is 9.97 Å². The largest absolute Gasteiger partial charge is 0.659 e. The summed E-state index contributed by atoms with van der Waals surface area (Å²) in [6.07, 6.45) is 7.94. The van der Waals surface area contributed by atoms with E-state index in [0.29, 0.717) is 0 Å². The molecule has 4 heteroatoms. The minimum Gasteiger partial charge on any atom is -0.659 e. The Morgan fingerprint density at radius 3 is 1.14 bits per heavy atom. The molecule has 0 saturated heterocycles. The van der Waals surface area contributed by atoms with Crippen molar-refractivity contribution in [2.45, 2.75) is 31.6 Å². The summed E-state index contributed by atoms with van der Waals surface area (Å²) in [6.45, 7) is 6.60. The van der Waals surface area contributed by atoms with Crippen LogP contribution in [-0.2, 0) is 27.6 Å². The van der Waals surface area contributed by atoms with Gasteiger partial charge in [-0.2, -0.15) is 0 Å². The molecule has 2 aromatic heterocycles. The molecule has 319 valence electrons. The molecule has 65 heavy (non-hydrogen) atoms.